The van der Waals surface area contributed by atoms with E-state index in [1.54, 1.807) is 0 Å². The average Bonchev–Trinajstić information content (AvgIpc) is 2.37. The summed E-state index contributed by atoms with van der Waals surface area (Å²) in [7, 11) is 0. The molecule has 1 saturated heterocycles. The van der Waals surface area contributed by atoms with Gasteiger partial charge in [0.2, 0.25) is 0 Å². The van der Waals surface area contributed by atoms with Crippen LogP contribution in [-0.2, 0) is 0 Å². The van der Waals surface area contributed by atoms with E-state index in [1.807, 2.05) is 13.0 Å². The fourth-order valence-corrected chi connectivity index (χ4v) is 2.58. The first-order valence-corrected chi connectivity index (χ1v) is 7.02. The Morgan fingerprint density at radius 1 is 1.39 bits per heavy atom. The van der Waals surface area contributed by atoms with Crippen molar-refractivity contribution in [2.24, 2.45) is 5.73 Å². The molecule has 100 valence electrons. The third kappa shape index (κ3) is 3.61. The molecule has 0 aromatic heterocycles. The average molecular weight is 268 g/mol. The highest BCUT2D eigenvalue weighted by molar-refractivity contribution is 6.31. The summed E-state index contributed by atoms with van der Waals surface area (Å²) in [6.45, 7) is 6.06. The molecule has 0 spiro atoms. The van der Waals surface area contributed by atoms with Crippen molar-refractivity contribution in [3.05, 3.63) is 28.8 Å². The van der Waals surface area contributed by atoms with Gasteiger partial charge in [-0.15, -0.1) is 0 Å². The Labute approximate surface area is 114 Å². The van der Waals surface area contributed by atoms with E-state index in [4.69, 9.17) is 17.3 Å². The van der Waals surface area contributed by atoms with Crippen LogP contribution in [0.4, 0.5) is 5.69 Å². The van der Waals surface area contributed by atoms with Gasteiger partial charge in [0.15, 0.2) is 0 Å². The van der Waals surface area contributed by atoms with Crippen LogP contribution in [0.1, 0.15) is 18.4 Å². The van der Waals surface area contributed by atoms with E-state index >= 15 is 0 Å². The van der Waals surface area contributed by atoms with Crippen LogP contribution in [0.5, 0.6) is 0 Å². The minimum Gasteiger partial charge on any atom is -0.382 e. The monoisotopic (exact) mass is 267 g/mol. The quantitative estimate of drug-likeness (QED) is 0.881. The summed E-state index contributed by atoms with van der Waals surface area (Å²) in [4.78, 5) is 2.43. The van der Waals surface area contributed by atoms with Gasteiger partial charge in [-0.1, -0.05) is 17.7 Å². The number of halogens is 1. The number of piperidine rings is 1. The van der Waals surface area contributed by atoms with Gasteiger partial charge in [-0.2, -0.15) is 0 Å². The molecule has 0 amide bonds. The third-order valence-electron chi connectivity index (χ3n) is 3.58. The highest BCUT2D eigenvalue weighted by Crippen LogP contribution is 2.22. The Hall–Kier alpha value is -0.770. The number of aryl methyl sites for hydroxylation is 1. The van der Waals surface area contributed by atoms with E-state index in [0.29, 0.717) is 6.04 Å². The van der Waals surface area contributed by atoms with E-state index in [0.717, 1.165) is 42.5 Å². The van der Waals surface area contributed by atoms with Crippen LogP contribution in [0.25, 0.3) is 0 Å². The summed E-state index contributed by atoms with van der Waals surface area (Å²) in [6, 6.07) is 6.74. The van der Waals surface area contributed by atoms with Crippen LogP contribution in [0.2, 0.25) is 5.02 Å². The largest absolute Gasteiger partial charge is 0.382 e. The number of nitrogens with one attached hydrogen (secondary N) is 1. The number of benzene rings is 1. The first kappa shape index (κ1) is 13.7. The van der Waals surface area contributed by atoms with Crippen molar-refractivity contribution < 1.29 is 0 Å². The molecule has 4 heteroatoms. The van der Waals surface area contributed by atoms with Crippen molar-refractivity contribution in [2.45, 2.75) is 25.8 Å². The molecule has 1 fully saturated rings. The lowest BCUT2D eigenvalue weighted by atomic mass is 10.0. The van der Waals surface area contributed by atoms with Crippen molar-refractivity contribution in [1.82, 2.24) is 4.90 Å². The van der Waals surface area contributed by atoms with Gasteiger partial charge in [-0.3, -0.25) is 0 Å². The van der Waals surface area contributed by atoms with Gasteiger partial charge in [0.25, 0.3) is 0 Å². The fourth-order valence-electron chi connectivity index (χ4n) is 2.40. The summed E-state index contributed by atoms with van der Waals surface area (Å²) in [5.41, 5.74) is 7.83. The Kier molecular flexibility index (Phi) is 4.87. The standard InChI is InChI=1S/C14H22ClN3/c1-11-2-3-13(10-14(11)15)17-12-4-7-18(8-5-12)9-6-16/h2-3,10,12,17H,4-9,16H2,1H3. The molecule has 3 N–H and O–H groups in total. The maximum atomic E-state index is 6.13. The molecule has 3 nitrogen and oxygen atoms in total. The summed E-state index contributed by atoms with van der Waals surface area (Å²) in [5.74, 6) is 0. The van der Waals surface area contributed by atoms with Crippen molar-refractivity contribution >= 4 is 17.3 Å². The molecule has 0 atom stereocenters. The molecular weight excluding hydrogens is 246 g/mol. The van der Waals surface area contributed by atoms with E-state index in [1.165, 1.54) is 12.8 Å². The van der Waals surface area contributed by atoms with Gasteiger partial charge in [-0.25, -0.2) is 0 Å². The zero-order chi connectivity index (χ0) is 13.0. The molecule has 1 heterocycles. The molecule has 0 bridgehead atoms. The number of hydrogen-bond acceptors (Lipinski definition) is 3. The van der Waals surface area contributed by atoms with E-state index < -0.39 is 0 Å². The minimum atomic E-state index is 0.554. The second-order valence-electron chi connectivity index (χ2n) is 5.01. The summed E-state index contributed by atoms with van der Waals surface area (Å²) in [6.07, 6.45) is 2.34. The molecule has 0 saturated carbocycles. The lowest BCUT2D eigenvalue weighted by Gasteiger charge is -2.32. The summed E-state index contributed by atoms with van der Waals surface area (Å²) < 4.78 is 0. The van der Waals surface area contributed by atoms with Gasteiger partial charge in [0.05, 0.1) is 0 Å². The smallest absolute Gasteiger partial charge is 0.0455 e. The van der Waals surface area contributed by atoms with Crippen LogP contribution in [0, 0.1) is 6.92 Å². The van der Waals surface area contributed by atoms with Crippen molar-refractivity contribution in [3.63, 3.8) is 0 Å². The zero-order valence-electron chi connectivity index (χ0n) is 11.0. The van der Waals surface area contributed by atoms with Crippen molar-refractivity contribution in [3.8, 4) is 0 Å². The maximum Gasteiger partial charge on any atom is 0.0455 e. The number of hydrogen-bond donors (Lipinski definition) is 2. The Morgan fingerprint density at radius 3 is 2.72 bits per heavy atom. The second-order valence-corrected chi connectivity index (χ2v) is 5.42. The van der Waals surface area contributed by atoms with E-state index in [9.17, 15) is 0 Å². The van der Waals surface area contributed by atoms with Gasteiger partial charge in [-0.05, 0) is 37.5 Å². The van der Waals surface area contributed by atoms with Crippen LogP contribution >= 0.6 is 11.6 Å². The molecule has 18 heavy (non-hydrogen) atoms. The molecule has 1 aliphatic rings. The highest BCUT2D eigenvalue weighted by atomic mass is 35.5. The lowest BCUT2D eigenvalue weighted by molar-refractivity contribution is 0.224. The normalized spacial score (nSPS) is 17.9. The fraction of sp³-hybridized carbons (Fsp3) is 0.571. The SMILES string of the molecule is Cc1ccc(NC2CCN(CCN)CC2)cc1Cl. The predicted octanol–water partition coefficient (Wildman–Crippen LogP) is 2.48. The Bertz CT molecular complexity index is 387. The zero-order valence-corrected chi connectivity index (χ0v) is 11.7. The molecule has 2 rings (SSSR count). The highest BCUT2D eigenvalue weighted by Gasteiger charge is 2.18. The number of nitrogens with two attached hydrogens (primary N) is 1. The molecule has 1 aromatic carbocycles. The van der Waals surface area contributed by atoms with Gasteiger partial charge >= 0.3 is 0 Å². The van der Waals surface area contributed by atoms with Crippen molar-refractivity contribution in [1.29, 1.82) is 0 Å². The first-order chi connectivity index (χ1) is 8.69. The molecule has 0 unspecified atom stereocenters. The first-order valence-electron chi connectivity index (χ1n) is 6.64. The Balaban J connectivity index is 1.85. The lowest BCUT2D eigenvalue weighted by Crippen LogP contribution is -2.41. The number of anilines is 1. The number of rotatable bonds is 4. The minimum absolute atomic E-state index is 0.554. The molecule has 1 aliphatic heterocycles. The molecule has 0 aliphatic carbocycles. The van der Waals surface area contributed by atoms with Gasteiger partial charge in [0, 0.05) is 42.9 Å². The second kappa shape index (κ2) is 6.41. The summed E-state index contributed by atoms with van der Waals surface area (Å²) in [5, 5.41) is 4.40. The van der Waals surface area contributed by atoms with Crippen molar-refractivity contribution in [2.75, 3.05) is 31.5 Å². The molecular formula is C14H22ClN3. The molecule has 1 aromatic rings. The van der Waals surface area contributed by atoms with Gasteiger partial charge < -0.3 is 16.0 Å². The number of likely N-dealkylation sites (tertiary alicyclic amines) is 1. The topological polar surface area (TPSA) is 41.3 Å². The van der Waals surface area contributed by atoms with Gasteiger partial charge in [0.1, 0.15) is 0 Å². The summed E-state index contributed by atoms with van der Waals surface area (Å²) >= 11 is 6.13. The van der Waals surface area contributed by atoms with E-state index in [-0.39, 0.29) is 0 Å². The van der Waals surface area contributed by atoms with Crippen LogP contribution in [-0.4, -0.2) is 37.1 Å². The Morgan fingerprint density at radius 2 is 2.11 bits per heavy atom. The maximum absolute atomic E-state index is 6.13. The van der Waals surface area contributed by atoms with Crippen LogP contribution in [0.15, 0.2) is 18.2 Å². The molecule has 0 radical (unpaired) electrons. The van der Waals surface area contributed by atoms with Crippen LogP contribution in [0.3, 0.4) is 0 Å². The third-order valence-corrected chi connectivity index (χ3v) is 3.98. The van der Waals surface area contributed by atoms with E-state index in [2.05, 4.69) is 22.3 Å². The van der Waals surface area contributed by atoms with Crippen LogP contribution < -0.4 is 11.1 Å². The predicted molar refractivity (Wildman–Crippen MR) is 78.3 cm³/mol. The number of nitrogens with zero attached hydrogens (tertiary/aromatic N) is 1.